The maximum absolute atomic E-state index is 14.1. The van der Waals surface area contributed by atoms with Gasteiger partial charge in [0.15, 0.2) is 0 Å². The zero-order chi connectivity index (χ0) is 29.4. The third-order valence-corrected chi connectivity index (χ3v) is 8.93. The fourth-order valence-corrected chi connectivity index (χ4v) is 6.02. The molecule has 0 spiro atoms. The summed E-state index contributed by atoms with van der Waals surface area (Å²) in [6, 6.07) is 20.0. The molecule has 214 valence electrons. The van der Waals surface area contributed by atoms with E-state index in [0.29, 0.717) is 29.2 Å². The van der Waals surface area contributed by atoms with Crippen molar-refractivity contribution in [2.75, 3.05) is 17.4 Å². The maximum atomic E-state index is 14.1. The van der Waals surface area contributed by atoms with Crippen molar-refractivity contribution >= 4 is 39.1 Å². The first-order chi connectivity index (χ1) is 19.0. The molecule has 1 N–H and O–H groups in total. The molecule has 0 fully saturated rings. The minimum Gasteiger partial charge on any atom is -0.355 e. The smallest absolute Gasteiger partial charge is 0.264 e. The van der Waals surface area contributed by atoms with Crippen molar-refractivity contribution in [2.24, 2.45) is 0 Å². The second-order valence-electron chi connectivity index (χ2n) is 10.0. The molecule has 40 heavy (non-hydrogen) atoms. The Bertz CT molecular complexity index is 1410. The number of nitrogens with one attached hydrogen (secondary N) is 1. The molecule has 0 saturated carbocycles. The van der Waals surface area contributed by atoms with E-state index in [9.17, 15) is 18.0 Å². The van der Waals surface area contributed by atoms with Gasteiger partial charge in [-0.1, -0.05) is 80.4 Å². The van der Waals surface area contributed by atoms with Gasteiger partial charge in [0, 0.05) is 18.1 Å². The number of rotatable bonds is 12. The van der Waals surface area contributed by atoms with Gasteiger partial charge in [0.25, 0.3) is 10.0 Å². The van der Waals surface area contributed by atoms with Crippen LogP contribution < -0.4 is 9.62 Å². The second-order valence-corrected chi connectivity index (χ2v) is 12.3. The Labute approximate surface area is 243 Å². The number of aryl methyl sites for hydroxylation is 1. The normalized spacial score (nSPS) is 12.2. The van der Waals surface area contributed by atoms with Crippen molar-refractivity contribution in [1.82, 2.24) is 10.2 Å². The van der Waals surface area contributed by atoms with E-state index in [-0.39, 0.29) is 23.3 Å². The lowest BCUT2D eigenvalue weighted by Crippen LogP contribution is -2.52. The fraction of sp³-hybridized carbons (Fsp3) is 0.355. The third kappa shape index (κ3) is 7.43. The van der Waals surface area contributed by atoms with Crippen LogP contribution in [-0.4, -0.2) is 44.3 Å². The number of nitrogens with zero attached hydrogens (tertiary/aromatic N) is 2. The number of sulfonamides is 1. The van der Waals surface area contributed by atoms with Gasteiger partial charge in [-0.05, 0) is 67.6 Å². The van der Waals surface area contributed by atoms with Gasteiger partial charge in [-0.25, -0.2) is 8.42 Å². The topological polar surface area (TPSA) is 86.8 Å². The number of halogens is 1. The molecule has 3 aromatic carbocycles. The van der Waals surface area contributed by atoms with E-state index >= 15 is 0 Å². The number of hydrogen-bond donors (Lipinski definition) is 1. The molecule has 1 atom stereocenters. The number of anilines is 1. The van der Waals surface area contributed by atoms with Crippen LogP contribution >= 0.6 is 11.6 Å². The van der Waals surface area contributed by atoms with Gasteiger partial charge in [-0.15, -0.1) is 0 Å². The van der Waals surface area contributed by atoms with E-state index in [1.54, 1.807) is 48.5 Å². The summed E-state index contributed by atoms with van der Waals surface area (Å²) in [4.78, 5) is 28.6. The van der Waals surface area contributed by atoms with Crippen molar-refractivity contribution in [3.05, 3.63) is 94.5 Å². The van der Waals surface area contributed by atoms with Gasteiger partial charge in [-0.3, -0.25) is 13.9 Å². The molecule has 9 heteroatoms. The molecular weight excluding hydrogens is 546 g/mol. The molecule has 0 aliphatic rings. The standard InChI is InChI=1S/C31H38ClN3O4S/c1-6-29(31(37)33-7-2)34(20-25-10-8-9-11-28(25)32)30(36)21-35(26-16-14-24(15-17-26)22(3)4)40(38,39)27-18-12-23(5)13-19-27/h8-19,22,29H,6-7,20-21H2,1-5H3,(H,33,37). The first kappa shape index (κ1) is 31.2. The summed E-state index contributed by atoms with van der Waals surface area (Å²) in [5, 5.41) is 3.26. The SMILES string of the molecule is CCNC(=O)C(CC)N(Cc1ccccc1Cl)C(=O)CN(c1ccc(C(C)C)cc1)S(=O)(=O)c1ccc(C)cc1. The van der Waals surface area contributed by atoms with Crippen LogP contribution in [0.5, 0.6) is 0 Å². The lowest BCUT2D eigenvalue weighted by atomic mass is 10.0. The second kappa shape index (κ2) is 13.8. The molecule has 0 heterocycles. The highest BCUT2D eigenvalue weighted by Crippen LogP contribution is 2.27. The predicted octanol–water partition coefficient (Wildman–Crippen LogP) is 5.91. The Kier molecular flexibility index (Phi) is 10.8. The Hall–Kier alpha value is -3.36. The lowest BCUT2D eigenvalue weighted by Gasteiger charge is -2.33. The summed E-state index contributed by atoms with van der Waals surface area (Å²) in [6.45, 7) is 9.58. The average molecular weight is 584 g/mol. The number of benzene rings is 3. The zero-order valence-electron chi connectivity index (χ0n) is 23.7. The van der Waals surface area contributed by atoms with E-state index in [4.69, 9.17) is 11.6 Å². The molecule has 7 nitrogen and oxygen atoms in total. The average Bonchev–Trinajstić information content (AvgIpc) is 2.93. The zero-order valence-corrected chi connectivity index (χ0v) is 25.3. The summed E-state index contributed by atoms with van der Waals surface area (Å²) in [6.07, 6.45) is 0.343. The van der Waals surface area contributed by atoms with E-state index < -0.39 is 28.5 Å². The van der Waals surface area contributed by atoms with Crippen LogP contribution in [0, 0.1) is 6.92 Å². The molecule has 0 saturated heterocycles. The monoisotopic (exact) mass is 583 g/mol. The highest BCUT2D eigenvalue weighted by atomic mass is 35.5. The lowest BCUT2D eigenvalue weighted by molar-refractivity contribution is -0.140. The number of carbonyl (C=O) groups is 2. The summed E-state index contributed by atoms with van der Waals surface area (Å²) in [5.74, 6) is -0.562. The van der Waals surface area contributed by atoms with Gasteiger partial charge in [0.05, 0.1) is 10.6 Å². The molecule has 3 rings (SSSR count). The van der Waals surface area contributed by atoms with Crippen molar-refractivity contribution in [1.29, 1.82) is 0 Å². The van der Waals surface area contributed by atoms with E-state index in [1.807, 2.05) is 32.9 Å². The van der Waals surface area contributed by atoms with Crippen LogP contribution in [0.15, 0.2) is 77.7 Å². The predicted molar refractivity (Wildman–Crippen MR) is 161 cm³/mol. The molecule has 2 amide bonds. The molecule has 0 aliphatic heterocycles. The van der Waals surface area contributed by atoms with Gasteiger partial charge in [0.2, 0.25) is 11.8 Å². The molecule has 0 aliphatic carbocycles. The first-order valence-corrected chi connectivity index (χ1v) is 15.3. The summed E-state index contributed by atoms with van der Waals surface area (Å²) < 4.78 is 29.0. The largest absolute Gasteiger partial charge is 0.355 e. The highest BCUT2D eigenvalue weighted by Gasteiger charge is 2.33. The van der Waals surface area contributed by atoms with Crippen LogP contribution in [-0.2, 0) is 26.2 Å². The van der Waals surface area contributed by atoms with E-state index in [0.717, 1.165) is 15.4 Å². The highest BCUT2D eigenvalue weighted by molar-refractivity contribution is 7.92. The van der Waals surface area contributed by atoms with Crippen LogP contribution in [0.4, 0.5) is 5.69 Å². The quantitative estimate of drug-likeness (QED) is 0.287. The molecule has 1 unspecified atom stereocenters. The van der Waals surface area contributed by atoms with Gasteiger partial charge in [-0.2, -0.15) is 0 Å². The number of likely N-dealkylation sites (N-methyl/N-ethyl adjacent to an activating group) is 1. The van der Waals surface area contributed by atoms with E-state index in [2.05, 4.69) is 19.2 Å². The molecule has 0 bridgehead atoms. The summed E-state index contributed by atoms with van der Waals surface area (Å²) >= 11 is 6.42. The number of amides is 2. The number of carbonyl (C=O) groups excluding carboxylic acids is 2. The minimum absolute atomic E-state index is 0.0544. The molecular formula is C31H38ClN3O4S. The first-order valence-electron chi connectivity index (χ1n) is 13.5. The third-order valence-electron chi connectivity index (χ3n) is 6.77. The maximum Gasteiger partial charge on any atom is 0.264 e. The Morgan fingerprint density at radius 3 is 2.10 bits per heavy atom. The summed E-state index contributed by atoms with van der Waals surface area (Å²) in [5.41, 5.74) is 2.99. The van der Waals surface area contributed by atoms with Crippen LogP contribution in [0.3, 0.4) is 0 Å². The van der Waals surface area contributed by atoms with Crippen LogP contribution in [0.1, 0.15) is 56.7 Å². The fourth-order valence-electron chi connectivity index (χ4n) is 4.41. The van der Waals surface area contributed by atoms with Crippen molar-refractivity contribution in [3.8, 4) is 0 Å². The number of hydrogen-bond acceptors (Lipinski definition) is 4. The van der Waals surface area contributed by atoms with Gasteiger partial charge < -0.3 is 10.2 Å². The minimum atomic E-state index is -4.12. The summed E-state index contributed by atoms with van der Waals surface area (Å²) in [7, 11) is -4.12. The molecule has 0 radical (unpaired) electrons. The van der Waals surface area contributed by atoms with Gasteiger partial charge >= 0.3 is 0 Å². The van der Waals surface area contributed by atoms with Crippen molar-refractivity contribution < 1.29 is 18.0 Å². The Morgan fingerprint density at radius 2 is 1.55 bits per heavy atom. The van der Waals surface area contributed by atoms with Gasteiger partial charge in [0.1, 0.15) is 12.6 Å². The van der Waals surface area contributed by atoms with E-state index in [1.165, 1.54) is 17.0 Å². The Morgan fingerprint density at radius 1 is 0.925 bits per heavy atom. The van der Waals surface area contributed by atoms with Crippen LogP contribution in [0.25, 0.3) is 0 Å². The molecule has 3 aromatic rings. The van der Waals surface area contributed by atoms with Crippen molar-refractivity contribution in [2.45, 2.75) is 64.4 Å². The van der Waals surface area contributed by atoms with Crippen LogP contribution in [0.2, 0.25) is 5.02 Å². The van der Waals surface area contributed by atoms with Crippen molar-refractivity contribution in [3.63, 3.8) is 0 Å². The Balaban J connectivity index is 2.08. The molecule has 0 aromatic heterocycles.